The summed E-state index contributed by atoms with van der Waals surface area (Å²) in [5.74, 6) is -0.143. The number of benzene rings is 1. The van der Waals surface area contributed by atoms with Gasteiger partial charge in [-0.3, -0.25) is 9.69 Å². The smallest absolute Gasteiger partial charge is 0.323 e. The molecule has 0 unspecified atom stereocenters. The van der Waals surface area contributed by atoms with Crippen LogP contribution in [0.25, 0.3) is 0 Å². The van der Waals surface area contributed by atoms with Crippen molar-refractivity contribution in [3.05, 3.63) is 33.8 Å². The molecular formula is C15H19Cl2NO2. The van der Waals surface area contributed by atoms with Crippen molar-refractivity contribution in [2.75, 3.05) is 13.2 Å². The molecule has 1 atom stereocenters. The maximum absolute atomic E-state index is 12.0. The average molecular weight is 316 g/mol. The van der Waals surface area contributed by atoms with Gasteiger partial charge in [-0.15, -0.1) is 0 Å². The summed E-state index contributed by atoms with van der Waals surface area (Å²) in [5, 5.41) is 1.29. The van der Waals surface area contributed by atoms with E-state index in [9.17, 15) is 4.79 Å². The number of likely N-dealkylation sites (tertiary alicyclic amines) is 1. The van der Waals surface area contributed by atoms with Gasteiger partial charge < -0.3 is 4.74 Å². The zero-order valence-electron chi connectivity index (χ0n) is 11.6. The summed E-state index contributed by atoms with van der Waals surface area (Å²) in [6.45, 7) is 3.69. The summed E-state index contributed by atoms with van der Waals surface area (Å²) >= 11 is 12.4. The van der Waals surface area contributed by atoms with Crippen molar-refractivity contribution in [2.24, 2.45) is 0 Å². The normalized spacial score (nSPS) is 19.9. The standard InChI is InChI=1S/C15H19Cl2NO2/c1-2-20-15(19)14-8-3-4-9-18(14)10-11-12(16)6-5-7-13(11)17/h5-7,14H,2-4,8-10H2,1H3/t14-/m1/s1. The van der Waals surface area contributed by atoms with E-state index in [1.54, 1.807) is 0 Å². The maximum atomic E-state index is 12.0. The van der Waals surface area contributed by atoms with Gasteiger partial charge in [-0.25, -0.2) is 0 Å². The summed E-state index contributed by atoms with van der Waals surface area (Å²) < 4.78 is 5.16. The minimum absolute atomic E-state index is 0.143. The molecule has 1 aliphatic heterocycles. The van der Waals surface area contributed by atoms with E-state index in [-0.39, 0.29) is 12.0 Å². The van der Waals surface area contributed by atoms with Gasteiger partial charge in [0.05, 0.1) is 6.61 Å². The van der Waals surface area contributed by atoms with E-state index in [4.69, 9.17) is 27.9 Å². The van der Waals surface area contributed by atoms with E-state index in [1.165, 1.54) is 0 Å². The van der Waals surface area contributed by atoms with Gasteiger partial charge in [-0.2, -0.15) is 0 Å². The van der Waals surface area contributed by atoms with Crippen LogP contribution in [0.1, 0.15) is 31.7 Å². The predicted octanol–water partition coefficient (Wildman–Crippen LogP) is 3.91. The molecule has 0 amide bonds. The van der Waals surface area contributed by atoms with Crippen molar-refractivity contribution >= 4 is 29.2 Å². The number of ether oxygens (including phenoxy) is 1. The second-order valence-corrected chi connectivity index (χ2v) is 5.75. The summed E-state index contributed by atoms with van der Waals surface area (Å²) in [5.41, 5.74) is 0.882. The summed E-state index contributed by atoms with van der Waals surface area (Å²) in [6.07, 6.45) is 2.97. The highest BCUT2D eigenvalue weighted by Gasteiger charge is 2.30. The molecule has 0 spiro atoms. The van der Waals surface area contributed by atoms with Gasteiger partial charge in [0.15, 0.2) is 0 Å². The Kier molecular flexibility index (Phi) is 5.70. The molecule has 5 heteroatoms. The first-order valence-electron chi connectivity index (χ1n) is 6.97. The van der Waals surface area contributed by atoms with Crippen LogP contribution in [-0.2, 0) is 16.1 Å². The average Bonchev–Trinajstić information content (AvgIpc) is 2.44. The topological polar surface area (TPSA) is 29.5 Å². The van der Waals surface area contributed by atoms with Crippen LogP contribution in [0.15, 0.2) is 18.2 Å². The van der Waals surface area contributed by atoms with E-state index in [1.807, 2.05) is 25.1 Å². The molecule has 3 nitrogen and oxygen atoms in total. The number of hydrogen-bond acceptors (Lipinski definition) is 3. The van der Waals surface area contributed by atoms with Crippen LogP contribution in [0.2, 0.25) is 10.0 Å². The highest BCUT2D eigenvalue weighted by molar-refractivity contribution is 6.35. The second-order valence-electron chi connectivity index (χ2n) is 4.93. The number of halogens is 2. The van der Waals surface area contributed by atoms with Gasteiger partial charge in [-0.05, 0) is 38.4 Å². The lowest BCUT2D eigenvalue weighted by atomic mass is 10.0. The molecule has 1 fully saturated rings. The highest BCUT2D eigenvalue weighted by atomic mass is 35.5. The molecule has 20 heavy (non-hydrogen) atoms. The lowest BCUT2D eigenvalue weighted by molar-refractivity contribution is -0.151. The van der Waals surface area contributed by atoms with Crippen LogP contribution in [0.5, 0.6) is 0 Å². The van der Waals surface area contributed by atoms with Crippen molar-refractivity contribution in [3.63, 3.8) is 0 Å². The van der Waals surface area contributed by atoms with Crippen molar-refractivity contribution in [2.45, 2.75) is 38.8 Å². The molecule has 0 N–H and O–H groups in total. The Morgan fingerprint density at radius 3 is 2.70 bits per heavy atom. The first-order chi connectivity index (χ1) is 9.63. The molecule has 110 valence electrons. The van der Waals surface area contributed by atoms with Gasteiger partial charge in [0.1, 0.15) is 6.04 Å². The number of rotatable bonds is 4. The SMILES string of the molecule is CCOC(=O)[C@H]1CCCCN1Cc1c(Cl)cccc1Cl. The molecular weight excluding hydrogens is 297 g/mol. The first-order valence-corrected chi connectivity index (χ1v) is 7.72. The Morgan fingerprint density at radius 2 is 2.05 bits per heavy atom. The van der Waals surface area contributed by atoms with Gasteiger partial charge in [0.2, 0.25) is 0 Å². The van der Waals surface area contributed by atoms with Crippen molar-refractivity contribution < 1.29 is 9.53 Å². The minimum Gasteiger partial charge on any atom is -0.465 e. The van der Waals surface area contributed by atoms with E-state index in [2.05, 4.69) is 4.90 Å². The van der Waals surface area contributed by atoms with Crippen LogP contribution in [0.4, 0.5) is 0 Å². The summed E-state index contributed by atoms with van der Waals surface area (Å²) in [6, 6.07) is 5.29. The summed E-state index contributed by atoms with van der Waals surface area (Å²) in [4.78, 5) is 14.2. The monoisotopic (exact) mass is 315 g/mol. The van der Waals surface area contributed by atoms with Crippen LogP contribution in [-0.4, -0.2) is 30.1 Å². The fraction of sp³-hybridized carbons (Fsp3) is 0.533. The fourth-order valence-corrected chi connectivity index (χ4v) is 3.09. The number of esters is 1. The molecule has 0 saturated carbocycles. The predicted molar refractivity (Wildman–Crippen MR) is 81.1 cm³/mol. The Morgan fingerprint density at radius 1 is 1.35 bits per heavy atom. The minimum atomic E-state index is -0.184. The number of nitrogens with zero attached hydrogens (tertiary/aromatic N) is 1. The third-order valence-corrected chi connectivity index (χ3v) is 4.30. The third kappa shape index (κ3) is 3.66. The number of piperidine rings is 1. The second kappa shape index (κ2) is 7.30. The molecule has 1 aromatic rings. The van der Waals surface area contributed by atoms with Crippen LogP contribution in [0, 0.1) is 0 Å². The quantitative estimate of drug-likeness (QED) is 0.789. The van der Waals surface area contributed by atoms with Gasteiger partial charge in [0.25, 0.3) is 0 Å². The molecule has 0 aromatic heterocycles. The highest BCUT2D eigenvalue weighted by Crippen LogP contribution is 2.28. The molecule has 0 bridgehead atoms. The first kappa shape index (κ1) is 15.6. The van der Waals surface area contributed by atoms with E-state index < -0.39 is 0 Å². The van der Waals surface area contributed by atoms with Crippen LogP contribution >= 0.6 is 23.2 Å². The van der Waals surface area contributed by atoms with Crippen molar-refractivity contribution in [1.29, 1.82) is 0 Å². The molecule has 0 radical (unpaired) electrons. The Balaban J connectivity index is 2.14. The number of carbonyl (C=O) groups is 1. The largest absolute Gasteiger partial charge is 0.465 e. The van der Waals surface area contributed by atoms with Gasteiger partial charge >= 0.3 is 5.97 Å². The van der Waals surface area contributed by atoms with Crippen molar-refractivity contribution in [1.82, 2.24) is 4.90 Å². The van der Waals surface area contributed by atoms with Gasteiger partial charge in [0, 0.05) is 22.2 Å². The number of carbonyl (C=O) groups excluding carboxylic acids is 1. The van der Waals surface area contributed by atoms with Crippen LogP contribution < -0.4 is 0 Å². The zero-order chi connectivity index (χ0) is 14.5. The van der Waals surface area contributed by atoms with Crippen molar-refractivity contribution in [3.8, 4) is 0 Å². The Hall–Kier alpha value is -0.770. The molecule has 0 aliphatic carbocycles. The van der Waals surface area contributed by atoms with E-state index in [0.717, 1.165) is 31.4 Å². The molecule has 1 saturated heterocycles. The lowest BCUT2D eigenvalue weighted by Crippen LogP contribution is -2.45. The molecule has 1 heterocycles. The lowest BCUT2D eigenvalue weighted by Gasteiger charge is -2.34. The molecule has 1 aromatic carbocycles. The Labute approximate surface area is 129 Å². The van der Waals surface area contributed by atoms with E-state index >= 15 is 0 Å². The van der Waals surface area contributed by atoms with E-state index in [0.29, 0.717) is 23.2 Å². The Bertz CT molecular complexity index is 459. The molecule has 2 rings (SSSR count). The maximum Gasteiger partial charge on any atom is 0.323 e. The van der Waals surface area contributed by atoms with Gasteiger partial charge in [-0.1, -0.05) is 35.7 Å². The third-order valence-electron chi connectivity index (χ3n) is 3.60. The number of hydrogen-bond donors (Lipinski definition) is 0. The fourth-order valence-electron chi connectivity index (χ4n) is 2.57. The summed E-state index contributed by atoms with van der Waals surface area (Å²) in [7, 11) is 0. The van der Waals surface area contributed by atoms with Crippen LogP contribution in [0.3, 0.4) is 0 Å². The molecule has 1 aliphatic rings. The zero-order valence-corrected chi connectivity index (χ0v) is 13.1.